The Bertz CT molecular complexity index is 2810. The molecule has 0 radical (unpaired) electrons. The number of aromatic nitrogens is 2. The molecule has 2 heterocycles. The van der Waals surface area contributed by atoms with Gasteiger partial charge in [-0.05, 0) is 125 Å². The summed E-state index contributed by atoms with van der Waals surface area (Å²) in [5, 5.41) is 0. The van der Waals surface area contributed by atoms with Crippen LogP contribution in [-0.2, 0) is 67.2 Å². The highest BCUT2D eigenvalue weighted by Gasteiger charge is 2.30. The molecule has 0 unspecified atom stereocenters. The predicted molar refractivity (Wildman–Crippen MR) is 295 cm³/mol. The molecule has 0 saturated heterocycles. The fraction of sp³-hybridized carbons (Fsp3) is 0.394. The van der Waals surface area contributed by atoms with Gasteiger partial charge in [0.15, 0.2) is 0 Å². The SMILES string of the molecule is CCCOc1c2cc(C(C)(C)C)cc1Cc1cc(C(C)(C)C)cc(c1OCc1ccccn1)Cc1cc(C(C)(C)C)cc(c1OCc1ccccn1)Cc1cc(C(C)(C)C)cc(c1OCc1ccccc1)C2. The first kappa shape index (κ1) is 51.9. The Morgan fingerprint density at radius 1 is 0.361 bits per heavy atom. The summed E-state index contributed by atoms with van der Waals surface area (Å²) in [6.07, 6.45) is 6.93. The average Bonchev–Trinajstić information content (AvgIpc) is 3.32. The second-order valence-electron chi connectivity index (χ2n) is 24.0. The Labute approximate surface area is 431 Å². The quantitative estimate of drug-likeness (QED) is 0.122. The van der Waals surface area contributed by atoms with Crippen molar-refractivity contribution in [3.8, 4) is 23.0 Å². The molecule has 0 N–H and O–H groups in total. The Hall–Kier alpha value is -6.40. The maximum Gasteiger partial charge on any atom is 0.130 e. The number of benzene rings is 5. The van der Waals surface area contributed by atoms with Crippen LogP contribution in [0.15, 0.2) is 128 Å². The van der Waals surface area contributed by atoms with Crippen molar-refractivity contribution in [3.05, 3.63) is 211 Å². The summed E-state index contributed by atoms with van der Waals surface area (Å²) in [6.45, 7) is 31.6. The molecule has 0 fully saturated rings. The summed E-state index contributed by atoms with van der Waals surface area (Å²) in [6, 6.07) is 41.7. The minimum absolute atomic E-state index is 0.144. The second kappa shape index (κ2) is 21.4. The van der Waals surface area contributed by atoms with Crippen molar-refractivity contribution >= 4 is 0 Å². The molecule has 5 aromatic carbocycles. The van der Waals surface area contributed by atoms with Crippen molar-refractivity contribution in [2.75, 3.05) is 6.61 Å². The zero-order valence-electron chi connectivity index (χ0n) is 45.5. The second-order valence-corrected chi connectivity index (χ2v) is 24.0. The van der Waals surface area contributed by atoms with Gasteiger partial charge < -0.3 is 18.9 Å². The van der Waals surface area contributed by atoms with E-state index < -0.39 is 0 Å². The zero-order chi connectivity index (χ0) is 51.4. The lowest BCUT2D eigenvalue weighted by molar-refractivity contribution is 0.290. The molecule has 376 valence electrons. The van der Waals surface area contributed by atoms with Crippen molar-refractivity contribution in [1.29, 1.82) is 0 Å². The van der Waals surface area contributed by atoms with Gasteiger partial charge in [0.25, 0.3) is 0 Å². The number of rotatable bonds is 12. The van der Waals surface area contributed by atoms with Crippen molar-refractivity contribution in [2.24, 2.45) is 0 Å². The first-order valence-corrected chi connectivity index (χ1v) is 26.1. The highest BCUT2D eigenvalue weighted by atomic mass is 16.5. The smallest absolute Gasteiger partial charge is 0.130 e. The first-order valence-electron chi connectivity index (χ1n) is 26.1. The van der Waals surface area contributed by atoms with Crippen LogP contribution in [0, 0.1) is 0 Å². The van der Waals surface area contributed by atoms with E-state index in [1.54, 1.807) is 0 Å². The van der Waals surface area contributed by atoms with Gasteiger partial charge in [0, 0.05) is 38.1 Å². The summed E-state index contributed by atoms with van der Waals surface area (Å²) in [7, 11) is 0. The molecule has 8 rings (SSSR count). The molecule has 2 aromatic heterocycles. The largest absolute Gasteiger partial charge is 0.493 e. The molecular weight excluding hydrogens is 885 g/mol. The van der Waals surface area contributed by atoms with Crippen LogP contribution >= 0.6 is 0 Å². The van der Waals surface area contributed by atoms with Crippen molar-refractivity contribution in [2.45, 2.75) is 164 Å². The lowest BCUT2D eigenvalue weighted by atomic mass is 9.79. The molecule has 1 aliphatic rings. The molecule has 72 heavy (non-hydrogen) atoms. The van der Waals surface area contributed by atoms with Gasteiger partial charge in [-0.1, -0.05) is 181 Å². The molecule has 6 heteroatoms. The van der Waals surface area contributed by atoms with E-state index in [0.29, 0.717) is 52.1 Å². The summed E-state index contributed by atoms with van der Waals surface area (Å²) in [4.78, 5) is 9.45. The number of ether oxygens (including phenoxy) is 4. The van der Waals surface area contributed by atoms with E-state index in [9.17, 15) is 0 Å². The minimum Gasteiger partial charge on any atom is -0.493 e. The van der Waals surface area contributed by atoms with E-state index in [4.69, 9.17) is 28.9 Å². The number of nitrogens with zero attached hydrogens (tertiary/aromatic N) is 2. The van der Waals surface area contributed by atoms with Gasteiger partial charge >= 0.3 is 0 Å². The summed E-state index contributed by atoms with van der Waals surface area (Å²) < 4.78 is 28.7. The third kappa shape index (κ3) is 12.6. The van der Waals surface area contributed by atoms with Crippen molar-refractivity contribution in [3.63, 3.8) is 0 Å². The van der Waals surface area contributed by atoms with E-state index in [2.05, 4.69) is 169 Å². The van der Waals surface area contributed by atoms with E-state index in [-0.39, 0.29) is 21.7 Å². The van der Waals surface area contributed by atoms with Crippen LogP contribution < -0.4 is 18.9 Å². The van der Waals surface area contributed by atoms with Crippen LogP contribution in [0.25, 0.3) is 0 Å². The van der Waals surface area contributed by atoms with Gasteiger partial charge in [0.05, 0.1) is 18.0 Å². The molecule has 7 aromatic rings. The van der Waals surface area contributed by atoms with E-state index in [1.807, 2.05) is 48.8 Å². The van der Waals surface area contributed by atoms with Crippen LogP contribution in [-0.4, -0.2) is 16.6 Å². The van der Waals surface area contributed by atoms with Crippen LogP contribution in [0.2, 0.25) is 0 Å². The maximum atomic E-state index is 7.24. The lowest BCUT2D eigenvalue weighted by Crippen LogP contribution is -2.18. The van der Waals surface area contributed by atoms with Gasteiger partial charge in [0.1, 0.15) is 42.8 Å². The Balaban J connectivity index is 1.49. The molecule has 8 bridgehead atoms. The van der Waals surface area contributed by atoms with E-state index >= 15 is 0 Å². The number of hydrogen-bond donors (Lipinski definition) is 0. The maximum absolute atomic E-state index is 7.24. The number of pyridine rings is 2. The predicted octanol–water partition coefficient (Wildman–Crippen LogP) is 15.9. The van der Waals surface area contributed by atoms with Crippen LogP contribution in [0.1, 0.15) is 180 Å². The normalized spacial score (nSPS) is 13.1. The fourth-order valence-electron chi connectivity index (χ4n) is 9.56. The molecule has 1 aliphatic carbocycles. The summed E-state index contributed by atoms with van der Waals surface area (Å²) in [5.41, 5.74) is 16.2. The number of fused-ring (bicyclic) bond motifs is 8. The topological polar surface area (TPSA) is 62.7 Å². The Morgan fingerprint density at radius 2 is 0.653 bits per heavy atom. The van der Waals surface area contributed by atoms with Crippen molar-refractivity contribution < 1.29 is 18.9 Å². The standard InChI is InChI=1S/C66H78N2O4/c1-14-28-69-59-45-29-47-35-54(64(5,6)7)36-48(60(47)70-41-44-22-16-15-17-23-44)31-50-38-56(66(11,12)13)40-52(62(50)72-43-58-25-19-21-27-68-58)32-51-39-55(65(8,9)10)37-49(30-46(59)34-53(33-45)63(2,3)4)61(51)71-42-57-24-18-20-26-67-57/h15-27,33-40H,14,28-32,41-43H2,1-13H3. The molecule has 0 amide bonds. The highest BCUT2D eigenvalue weighted by Crippen LogP contribution is 2.45. The van der Waals surface area contributed by atoms with Crippen molar-refractivity contribution in [1.82, 2.24) is 9.97 Å². The van der Waals surface area contributed by atoms with Crippen LogP contribution in [0.3, 0.4) is 0 Å². The van der Waals surface area contributed by atoms with Gasteiger partial charge in [0.2, 0.25) is 0 Å². The molecule has 0 aliphatic heterocycles. The van der Waals surface area contributed by atoms with Gasteiger partial charge in [-0.25, -0.2) is 0 Å². The third-order valence-corrected chi connectivity index (χ3v) is 13.8. The van der Waals surface area contributed by atoms with Gasteiger partial charge in [-0.15, -0.1) is 0 Å². The van der Waals surface area contributed by atoms with Gasteiger partial charge in [-0.3, -0.25) is 9.97 Å². The average molecular weight is 963 g/mol. The van der Waals surface area contributed by atoms with E-state index in [0.717, 1.165) is 90.9 Å². The monoisotopic (exact) mass is 963 g/mol. The van der Waals surface area contributed by atoms with Crippen LogP contribution in [0.4, 0.5) is 0 Å². The number of hydrogen-bond acceptors (Lipinski definition) is 6. The molecule has 0 saturated carbocycles. The molecule has 0 atom stereocenters. The summed E-state index contributed by atoms with van der Waals surface area (Å²) in [5.74, 6) is 3.59. The highest BCUT2D eigenvalue weighted by molar-refractivity contribution is 5.60. The fourth-order valence-corrected chi connectivity index (χ4v) is 9.56. The molecule has 6 nitrogen and oxygen atoms in total. The lowest BCUT2D eigenvalue weighted by Gasteiger charge is -2.29. The Kier molecular flexibility index (Phi) is 15.4. The van der Waals surface area contributed by atoms with E-state index in [1.165, 1.54) is 22.3 Å². The van der Waals surface area contributed by atoms with Gasteiger partial charge in [-0.2, -0.15) is 0 Å². The Morgan fingerprint density at radius 3 is 0.931 bits per heavy atom. The first-order chi connectivity index (χ1) is 34.1. The summed E-state index contributed by atoms with van der Waals surface area (Å²) >= 11 is 0. The zero-order valence-corrected chi connectivity index (χ0v) is 45.5. The molecular formula is C66H78N2O4. The third-order valence-electron chi connectivity index (χ3n) is 13.8. The molecule has 0 spiro atoms. The minimum atomic E-state index is -0.173. The van der Waals surface area contributed by atoms with Crippen LogP contribution in [0.5, 0.6) is 23.0 Å².